The summed E-state index contributed by atoms with van der Waals surface area (Å²) < 4.78 is 0. The normalized spacial score (nSPS) is 23.8. The Morgan fingerprint density at radius 3 is 2.47 bits per heavy atom. The van der Waals surface area contributed by atoms with Crippen LogP contribution in [0.3, 0.4) is 0 Å². The number of amides is 1. The Morgan fingerprint density at radius 2 is 1.95 bits per heavy atom. The summed E-state index contributed by atoms with van der Waals surface area (Å²) in [7, 11) is 0. The van der Waals surface area contributed by atoms with Gasteiger partial charge in [-0.3, -0.25) is 9.59 Å². The summed E-state index contributed by atoms with van der Waals surface area (Å²) in [4.78, 5) is 30.5. The van der Waals surface area contributed by atoms with Crippen molar-refractivity contribution < 1.29 is 14.7 Å². The van der Waals surface area contributed by atoms with E-state index in [0.29, 0.717) is 0 Å². The van der Waals surface area contributed by atoms with Gasteiger partial charge in [0, 0.05) is 0 Å². The van der Waals surface area contributed by atoms with Gasteiger partial charge in [0.1, 0.15) is 11.3 Å². The number of hydrogen-bond donors (Lipinski definition) is 2. The molecule has 1 aromatic rings. The first-order chi connectivity index (χ1) is 8.76. The number of anilines is 1. The number of carboxylic acids is 1. The zero-order valence-corrected chi connectivity index (χ0v) is 11.7. The molecule has 0 radical (unpaired) electrons. The molecule has 102 valence electrons. The molecule has 1 heterocycles. The van der Waals surface area contributed by atoms with Gasteiger partial charge >= 0.3 is 5.97 Å². The van der Waals surface area contributed by atoms with Gasteiger partial charge in [-0.15, -0.1) is 0 Å². The highest BCUT2D eigenvalue weighted by Gasteiger charge is 2.66. The molecule has 8 heteroatoms. The van der Waals surface area contributed by atoms with E-state index in [9.17, 15) is 9.59 Å². The van der Waals surface area contributed by atoms with Crippen molar-refractivity contribution in [2.24, 2.45) is 17.3 Å². The van der Waals surface area contributed by atoms with E-state index in [1.807, 2.05) is 0 Å². The van der Waals surface area contributed by atoms with Gasteiger partial charge < -0.3 is 10.4 Å². The highest BCUT2D eigenvalue weighted by atomic mass is 35.5. The molecule has 2 N–H and O–H groups in total. The molecule has 0 bridgehead atoms. The minimum absolute atomic E-state index is 0.0248. The van der Waals surface area contributed by atoms with Gasteiger partial charge in [0.25, 0.3) is 0 Å². The Hall–Kier alpha value is -1.40. The van der Waals surface area contributed by atoms with E-state index in [2.05, 4.69) is 15.3 Å². The maximum absolute atomic E-state index is 12.0. The molecule has 2 unspecified atom stereocenters. The maximum Gasteiger partial charge on any atom is 0.307 e. The molecule has 2 rings (SSSR count). The van der Waals surface area contributed by atoms with Crippen LogP contribution in [0.4, 0.5) is 5.82 Å². The minimum Gasteiger partial charge on any atom is -0.481 e. The van der Waals surface area contributed by atoms with Gasteiger partial charge in [-0.25, -0.2) is 9.97 Å². The first-order valence-corrected chi connectivity index (χ1v) is 6.22. The lowest BCUT2D eigenvalue weighted by Gasteiger charge is -2.07. The van der Waals surface area contributed by atoms with Crippen molar-refractivity contribution in [3.8, 4) is 0 Å². The van der Waals surface area contributed by atoms with E-state index < -0.39 is 29.1 Å². The number of hydrogen-bond acceptors (Lipinski definition) is 4. The molecule has 1 aliphatic carbocycles. The molecule has 1 aromatic heterocycles. The smallest absolute Gasteiger partial charge is 0.307 e. The van der Waals surface area contributed by atoms with Gasteiger partial charge in [-0.1, -0.05) is 37.0 Å². The van der Waals surface area contributed by atoms with Crippen molar-refractivity contribution in [3.63, 3.8) is 0 Å². The highest BCUT2D eigenvalue weighted by molar-refractivity contribution is 6.42. The van der Waals surface area contributed by atoms with Gasteiger partial charge in [0.2, 0.25) is 5.91 Å². The quantitative estimate of drug-likeness (QED) is 0.834. The predicted molar refractivity (Wildman–Crippen MR) is 69.1 cm³/mol. The molecule has 0 aliphatic heterocycles. The van der Waals surface area contributed by atoms with Crippen molar-refractivity contribution in [2.45, 2.75) is 13.8 Å². The van der Waals surface area contributed by atoms with E-state index in [4.69, 9.17) is 28.3 Å². The lowest BCUT2D eigenvalue weighted by Crippen LogP contribution is -2.19. The van der Waals surface area contributed by atoms with Gasteiger partial charge in [-0.2, -0.15) is 0 Å². The number of rotatable bonds is 3. The third-order valence-electron chi connectivity index (χ3n) is 3.36. The Morgan fingerprint density at radius 1 is 1.32 bits per heavy atom. The molecule has 1 fully saturated rings. The number of nitrogens with zero attached hydrogens (tertiary/aromatic N) is 2. The minimum atomic E-state index is -0.989. The van der Waals surface area contributed by atoms with Crippen LogP contribution in [-0.2, 0) is 9.59 Å². The predicted octanol–water partition coefficient (Wildman–Crippen LogP) is 2.08. The number of halogens is 2. The Balaban J connectivity index is 2.15. The summed E-state index contributed by atoms with van der Waals surface area (Å²) in [6.07, 6.45) is 1.16. The summed E-state index contributed by atoms with van der Waals surface area (Å²) >= 11 is 11.5. The number of aliphatic carboxylic acids is 1. The zero-order valence-electron chi connectivity index (χ0n) is 10.1. The number of carbonyl (C=O) groups is 2. The number of nitrogens with one attached hydrogen (secondary N) is 1. The highest BCUT2D eigenvalue weighted by Crippen LogP contribution is 2.58. The van der Waals surface area contributed by atoms with E-state index in [1.54, 1.807) is 13.8 Å². The second-order valence-electron chi connectivity index (χ2n) is 4.93. The largest absolute Gasteiger partial charge is 0.481 e. The fourth-order valence-electron chi connectivity index (χ4n) is 2.22. The summed E-state index contributed by atoms with van der Waals surface area (Å²) in [6.45, 7) is 3.45. The van der Waals surface area contributed by atoms with E-state index >= 15 is 0 Å². The maximum atomic E-state index is 12.0. The van der Waals surface area contributed by atoms with E-state index in [1.165, 1.54) is 0 Å². The lowest BCUT2D eigenvalue weighted by molar-refractivity contribution is -0.140. The molecule has 0 spiro atoms. The van der Waals surface area contributed by atoms with E-state index in [0.717, 1.165) is 6.33 Å². The average molecular weight is 304 g/mol. The summed E-state index contributed by atoms with van der Waals surface area (Å²) in [5.41, 5.74) is -0.584. The van der Waals surface area contributed by atoms with Crippen LogP contribution in [0, 0.1) is 17.3 Å². The van der Waals surface area contributed by atoms with Crippen LogP contribution < -0.4 is 5.32 Å². The average Bonchev–Trinajstić information content (AvgIpc) is 2.88. The SMILES string of the molecule is CC1(C)C(C(=O)O)C1C(=O)Nc1ncnc(Cl)c1Cl. The molecular weight excluding hydrogens is 293 g/mol. The van der Waals surface area contributed by atoms with Gasteiger partial charge in [-0.05, 0) is 5.41 Å². The topological polar surface area (TPSA) is 92.2 Å². The number of aromatic nitrogens is 2. The van der Waals surface area contributed by atoms with Crippen LogP contribution in [-0.4, -0.2) is 27.0 Å². The second-order valence-corrected chi connectivity index (χ2v) is 5.67. The van der Waals surface area contributed by atoms with Gasteiger partial charge in [0.05, 0.1) is 11.8 Å². The number of carboxylic acid groups (broad SMARTS) is 1. The number of carbonyl (C=O) groups excluding carboxylic acids is 1. The summed E-state index contributed by atoms with van der Waals surface area (Å²) in [6, 6.07) is 0. The molecule has 0 aromatic carbocycles. The van der Waals surface area contributed by atoms with Crippen molar-refractivity contribution >= 4 is 40.9 Å². The van der Waals surface area contributed by atoms with Crippen molar-refractivity contribution in [1.82, 2.24) is 9.97 Å². The van der Waals surface area contributed by atoms with E-state index in [-0.39, 0.29) is 16.0 Å². The molecular formula is C11H11Cl2N3O3. The Labute approximate surface area is 119 Å². The van der Waals surface area contributed by atoms with Crippen LogP contribution in [0.2, 0.25) is 10.2 Å². The van der Waals surface area contributed by atoms with Crippen LogP contribution in [0.25, 0.3) is 0 Å². The third kappa shape index (κ3) is 2.37. The molecule has 2 atom stereocenters. The molecule has 1 aliphatic rings. The van der Waals surface area contributed by atoms with Crippen LogP contribution in [0.15, 0.2) is 6.33 Å². The third-order valence-corrected chi connectivity index (χ3v) is 4.11. The standard InChI is InChI=1S/C11H11Cl2N3O3/c1-11(2)4(5(11)10(18)19)9(17)16-8-6(12)7(13)14-3-15-8/h3-5H,1-2H3,(H,18,19)(H,14,15,16,17). The Kier molecular flexibility index (Phi) is 3.40. The second kappa shape index (κ2) is 4.61. The van der Waals surface area contributed by atoms with Crippen LogP contribution in [0.1, 0.15) is 13.8 Å². The van der Waals surface area contributed by atoms with Crippen molar-refractivity contribution in [3.05, 3.63) is 16.5 Å². The summed E-state index contributed by atoms with van der Waals surface area (Å²) in [5.74, 6) is -2.66. The van der Waals surface area contributed by atoms with Crippen LogP contribution >= 0.6 is 23.2 Å². The molecule has 6 nitrogen and oxygen atoms in total. The Bertz CT molecular complexity index is 562. The first kappa shape index (κ1) is 14.0. The monoisotopic (exact) mass is 303 g/mol. The first-order valence-electron chi connectivity index (χ1n) is 5.46. The lowest BCUT2D eigenvalue weighted by atomic mass is 10.1. The summed E-state index contributed by atoms with van der Waals surface area (Å²) in [5, 5.41) is 11.6. The van der Waals surface area contributed by atoms with Crippen LogP contribution in [0.5, 0.6) is 0 Å². The van der Waals surface area contributed by atoms with Crippen molar-refractivity contribution in [1.29, 1.82) is 0 Å². The molecule has 0 saturated heterocycles. The molecule has 19 heavy (non-hydrogen) atoms. The molecule has 1 saturated carbocycles. The van der Waals surface area contributed by atoms with Gasteiger partial charge in [0.15, 0.2) is 11.0 Å². The van der Waals surface area contributed by atoms with Crippen molar-refractivity contribution in [2.75, 3.05) is 5.32 Å². The molecule has 1 amide bonds. The fourth-order valence-corrected chi connectivity index (χ4v) is 2.50. The fraction of sp³-hybridized carbons (Fsp3) is 0.455. The zero-order chi connectivity index (χ0) is 14.4.